The van der Waals surface area contributed by atoms with Gasteiger partial charge in [-0.1, -0.05) is 24.3 Å². The summed E-state index contributed by atoms with van der Waals surface area (Å²) < 4.78 is 0. The number of aryl methyl sites for hydroxylation is 1. The molecule has 0 aliphatic carbocycles. The van der Waals surface area contributed by atoms with E-state index in [1.54, 1.807) is 24.3 Å². The molecule has 0 unspecified atom stereocenters. The first kappa shape index (κ1) is 13.0. The Morgan fingerprint density at radius 3 is 2.47 bits per heavy atom. The number of nitrogens with two attached hydrogens (primary N) is 1. The topological polar surface area (TPSA) is 67.2 Å². The molecule has 0 radical (unpaired) electrons. The Morgan fingerprint density at radius 1 is 1.11 bits per heavy atom. The number of hydrogen-bond donors (Lipinski definition) is 3. The van der Waals surface area contributed by atoms with Crippen LogP contribution in [0.15, 0.2) is 48.5 Å². The molecule has 0 spiro atoms. The molecule has 4 heteroatoms. The summed E-state index contributed by atoms with van der Waals surface area (Å²) in [4.78, 5) is 11.7. The molecule has 0 aromatic heterocycles. The molecule has 0 saturated heterocycles. The van der Waals surface area contributed by atoms with Crippen molar-refractivity contribution in [1.29, 1.82) is 0 Å². The van der Waals surface area contributed by atoms with Gasteiger partial charge in [-0.25, -0.2) is 4.79 Å². The van der Waals surface area contributed by atoms with Crippen LogP contribution in [0.1, 0.15) is 11.1 Å². The van der Waals surface area contributed by atoms with Crippen molar-refractivity contribution in [3.63, 3.8) is 0 Å². The third kappa shape index (κ3) is 3.74. The third-order valence-electron chi connectivity index (χ3n) is 2.87. The molecule has 98 valence electrons. The van der Waals surface area contributed by atoms with Crippen molar-refractivity contribution in [3.8, 4) is 0 Å². The van der Waals surface area contributed by atoms with E-state index < -0.39 is 0 Å². The molecule has 2 amide bonds. The van der Waals surface area contributed by atoms with Gasteiger partial charge in [-0.15, -0.1) is 0 Å². The molecule has 2 aromatic rings. The summed E-state index contributed by atoms with van der Waals surface area (Å²) in [6.45, 7) is 2.53. The van der Waals surface area contributed by atoms with E-state index in [4.69, 9.17) is 5.73 Å². The van der Waals surface area contributed by atoms with Crippen molar-refractivity contribution < 1.29 is 4.79 Å². The average Bonchev–Trinajstić information content (AvgIpc) is 2.40. The van der Waals surface area contributed by atoms with E-state index in [-0.39, 0.29) is 6.03 Å². The number of nitrogen functional groups attached to an aromatic ring is 1. The van der Waals surface area contributed by atoms with Crippen LogP contribution in [0.4, 0.5) is 16.2 Å². The van der Waals surface area contributed by atoms with Gasteiger partial charge in [0, 0.05) is 17.9 Å². The van der Waals surface area contributed by atoms with E-state index in [9.17, 15) is 4.79 Å². The second kappa shape index (κ2) is 5.91. The first-order chi connectivity index (χ1) is 9.15. The number of rotatable bonds is 3. The van der Waals surface area contributed by atoms with Gasteiger partial charge >= 0.3 is 6.03 Å². The Bertz CT molecular complexity index is 564. The summed E-state index contributed by atoms with van der Waals surface area (Å²) in [5.41, 5.74) is 9.24. The largest absolute Gasteiger partial charge is 0.399 e. The van der Waals surface area contributed by atoms with Crippen LogP contribution in [0.2, 0.25) is 0 Å². The van der Waals surface area contributed by atoms with Crippen molar-refractivity contribution in [2.24, 2.45) is 0 Å². The summed E-state index contributed by atoms with van der Waals surface area (Å²) in [5, 5.41) is 5.57. The van der Waals surface area contributed by atoms with Crippen molar-refractivity contribution in [1.82, 2.24) is 5.32 Å². The summed E-state index contributed by atoms with van der Waals surface area (Å²) >= 11 is 0. The lowest BCUT2D eigenvalue weighted by Gasteiger charge is -2.09. The molecule has 0 saturated carbocycles. The number of anilines is 2. The molecular formula is C15H17N3O. The molecule has 0 bridgehead atoms. The van der Waals surface area contributed by atoms with Gasteiger partial charge in [0.1, 0.15) is 0 Å². The van der Waals surface area contributed by atoms with Gasteiger partial charge in [0.05, 0.1) is 0 Å². The maximum Gasteiger partial charge on any atom is 0.319 e. The zero-order chi connectivity index (χ0) is 13.7. The number of hydrogen-bond acceptors (Lipinski definition) is 2. The summed E-state index contributed by atoms with van der Waals surface area (Å²) in [5.74, 6) is 0. The van der Waals surface area contributed by atoms with Gasteiger partial charge in [0.15, 0.2) is 0 Å². The maximum absolute atomic E-state index is 11.7. The highest BCUT2D eigenvalue weighted by molar-refractivity contribution is 5.89. The van der Waals surface area contributed by atoms with Gasteiger partial charge in [0.2, 0.25) is 0 Å². The van der Waals surface area contributed by atoms with Crippen LogP contribution in [-0.2, 0) is 6.54 Å². The Labute approximate surface area is 112 Å². The molecule has 0 heterocycles. The van der Waals surface area contributed by atoms with Gasteiger partial charge in [-0.05, 0) is 42.3 Å². The second-order valence-corrected chi connectivity index (χ2v) is 4.36. The van der Waals surface area contributed by atoms with Gasteiger partial charge in [-0.2, -0.15) is 0 Å². The summed E-state index contributed by atoms with van der Waals surface area (Å²) in [7, 11) is 0. The van der Waals surface area contributed by atoms with Crippen molar-refractivity contribution >= 4 is 17.4 Å². The van der Waals surface area contributed by atoms with E-state index >= 15 is 0 Å². The highest BCUT2D eigenvalue weighted by Crippen LogP contribution is 2.10. The first-order valence-corrected chi connectivity index (χ1v) is 6.10. The van der Waals surface area contributed by atoms with Crippen molar-refractivity contribution in [3.05, 3.63) is 59.7 Å². The van der Waals surface area contributed by atoms with Crippen LogP contribution >= 0.6 is 0 Å². The molecule has 0 aliphatic rings. The number of carbonyl (C=O) groups is 1. The number of benzene rings is 2. The van der Waals surface area contributed by atoms with E-state index in [2.05, 4.69) is 10.6 Å². The fraction of sp³-hybridized carbons (Fsp3) is 0.133. The van der Waals surface area contributed by atoms with Gasteiger partial charge in [0.25, 0.3) is 0 Å². The fourth-order valence-corrected chi connectivity index (χ4v) is 1.73. The Hall–Kier alpha value is -2.49. The number of urea groups is 1. The van der Waals surface area contributed by atoms with Crippen LogP contribution in [0.3, 0.4) is 0 Å². The van der Waals surface area contributed by atoms with Crippen molar-refractivity contribution in [2.75, 3.05) is 11.1 Å². The number of nitrogens with one attached hydrogen (secondary N) is 2. The third-order valence-corrected chi connectivity index (χ3v) is 2.87. The number of amides is 2. The lowest BCUT2D eigenvalue weighted by atomic mass is 10.1. The molecule has 0 atom stereocenters. The second-order valence-electron chi connectivity index (χ2n) is 4.36. The molecule has 0 aliphatic heterocycles. The normalized spacial score (nSPS) is 9.95. The lowest BCUT2D eigenvalue weighted by molar-refractivity contribution is 0.251. The fourth-order valence-electron chi connectivity index (χ4n) is 1.73. The minimum atomic E-state index is -0.229. The monoisotopic (exact) mass is 255 g/mol. The summed E-state index contributed by atoms with van der Waals surface area (Å²) in [6.07, 6.45) is 0. The molecule has 2 rings (SSSR count). The van der Waals surface area contributed by atoms with Gasteiger partial charge in [-0.3, -0.25) is 0 Å². The Balaban J connectivity index is 1.88. The standard InChI is InChI=1S/C15H17N3O/c1-11-4-2-3-5-12(11)10-17-15(19)18-14-8-6-13(16)7-9-14/h2-9H,10,16H2,1H3,(H2,17,18,19). The SMILES string of the molecule is Cc1ccccc1CNC(=O)Nc1ccc(N)cc1. The zero-order valence-electron chi connectivity index (χ0n) is 10.8. The van der Waals surface area contributed by atoms with Gasteiger partial charge < -0.3 is 16.4 Å². The van der Waals surface area contributed by atoms with E-state index in [0.29, 0.717) is 12.2 Å². The van der Waals surface area contributed by atoms with Crippen LogP contribution in [0, 0.1) is 6.92 Å². The van der Waals surface area contributed by atoms with Crippen LogP contribution in [0.5, 0.6) is 0 Å². The van der Waals surface area contributed by atoms with Crippen LogP contribution in [-0.4, -0.2) is 6.03 Å². The van der Waals surface area contributed by atoms with Crippen molar-refractivity contribution in [2.45, 2.75) is 13.5 Å². The number of carbonyl (C=O) groups excluding carboxylic acids is 1. The van der Waals surface area contributed by atoms with E-state index in [1.165, 1.54) is 0 Å². The van der Waals surface area contributed by atoms with E-state index in [0.717, 1.165) is 16.8 Å². The first-order valence-electron chi connectivity index (χ1n) is 6.10. The predicted molar refractivity (Wildman–Crippen MR) is 77.9 cm³/mol. The Kier molecular flexibility index (Phi) is 4.03. The molecular weight excluding hydrogens is 238 g/mol. The molecule has 0 fully saturated rings. The quantitative estimate of drug-likeness (QED) is 0.738. The maximum atomic E-state index is 11.7. The molecule has 2 aromatic carbocycles. The van der Waals surface area contributed by atoms with Crippen LogP contribution in [0.25, 0.3) is 0 Å². The smallest absolute Gasteiger partial charge is 0.319 e. The van der Waals surface area contributed by atoms with Crippen LogP contribution < -0.4 is 16.4 Å². The summed E-state index contributed by atoms with van der Waals surface area (Å²) in [6, 6.07) is 14.8. The van der Waals surface area contributed by atoms with E-state index in [1.807, 2.05) is 31.2 Å². The molecule has 19 heavy (non-hydrogen) atoms. The highest BCUT2D eigenvalue weighted by atomic mass is 16.2. The molecule has 4 nitrogen and oxygen atoms in total. The lowest BCUT2D eigenvalue weighted by Crippen LogP contribution is -2.28. The Morgan fingerprint density at radius 2 is 1.79 bits per heavy atom. The average molecular weight is 255 g/mol. The minimum Gasteiger partial charge on any atom is -0.399 e. The highest BCUT2D eigenvalue weighted by Gasteiger charge is 2.02. The molecule has 4 N–H and O–H groups in total. The predicted octanol–water partition coefficient (Wildman–Crippen LogP) is 2.90. The minimum absolute atomic E-state index is 0.229. The zero-order valence-corrected chi connectivity index (χ0v) is 10.8.